The third kappa shape index (κ3) is 3.28. The van der Waals surface area contributed by atoms with Crippen molar-refractivity contribution < 1.29 is 19.4 Å². The van der Waals surface area contributed by atoms with E-state index >= 15 is 0 Å². The van der Waals surface area contributed by atoms with Gasteiger partial charge in [-0.2, -0.15) is 0 Å². The topological polar surface area (TPSA) is 73.1 Å². The van der Waals surface area contributed by atoms with Crippen LogP contribution in [-0.4, -0.2) is 34.7 Å². The Hall–Kier alpha value is -3.02. The molecule has 0 saturated carbocycles. The molecule has 0 saturated heterocycles. The van der Waals surface area contributed by atoms with E-state index in [1.165, 1.54) is 0 Å². The number of aryl methyl sites for hydroxylation is 2. The summed E-state index contributed by atoms with van der Waals surface area (Å²) in [6, 6.07) is 9.45. The maximum atomic E-state index is 11.1. The fourth-order valence-electron chi connectivity index (χ4n) is 2.88. The van der Waals surface area contributed by atoms with Gasteiger partial charge in [0.1, 0.15) is 17.1 Å². The van der Waals surface area contributed by atoms with E-state index in [4.69, 9.17) is 19.6 Å². The van der Waals surface area contributed by atoms with E-state index < -0.39 is 5.97 Å². The minimum absolute atomic E-state index is 0.0287. The highest BCUT2D eigenvalue weighted by molar-refractivity contribution is 5.75. The summed E-state index contributed by atoms with van der Waals surface area (Å²) in [5, 5.41) is 9.10. The van der Waals surface area contributed by atoms with Gasteiger partial charge in [0.05, 0.1) is 32.0 Å². The molecule has 3 aromatic rings. The Bertz CT molecular complexity index is 931. The number of ether oxygens (including phenoxy) is 2. The van der Waals surface area contributed by atoms with Gasteiger partial charge in [0, 0.05) is 18.2 Å². The largest absolute Gasteiger partial charge is 0.497 e. The lowest BCUT2D eigenvalue weighted by Crippen LogP contribution is -2.02. The Morgan fingerprint density at radius 1 is 1.20 bits per heavy atom. The number of nitrogens with zero attached hydrogens (tertiary/aromatic N) is 2. The summed E-state index contributed by atoms with van der Waals surface area (Å²) in [5.74, 6) is 0.511. The predicted octanol–water partition coefficient (Wildman–Crippen LogP) is 3.34. The minimum atomic E-state index is -0.842. The molecular weight excluding hydrogens is 320 g/mol. The average molecular weight is 340 g/mol. The fourth-order valence-corrected chi connectivity index (χ4v) is 2.88. The van der Waals surface area contributed by atoms with Crippen LogP contribution in [0.3, 0.4) is 0 Å². The molecule has 0 fully saturated rings. The highest BCUT2D eigenvalue weighted by Gasteiger charge is 2.19. The number of imidazole rings is 1. The van der Waals surface area contributed by atoms with Gasteiger partial charge in [-0.15, -0.1) is 0 Å². The number of hydrogen-bond donors (Lipinski definition) is 1. The molecule has 0 unspecified atom stereocenters. The van der Waals surface area contributed by atoms with Crippen LogP contribution in [0.2, 0.25) is 0 Å². The van der Waals surface area contributed by atoms with Gasteiger partial charge in [0.2, 0.25) is 0 Å². The van der Waals surface area contributed by atoms with E-state index in [2.05, 4.69) is 0 Å². The summed E-state index contributed by atoms with van der Waals surface area (Å²) in [4.78, 5) is 15.8. The summed E-state index contributed by atoms with van der Waals surface area (Å²) in [5.41, 5.74) is 4.20. The molecule has 0 radical (unpaired) electrons. The van der Waals surface area contributed by atoms with E-state index in [0.717, 1.165) is 22.5 Å². The maximum absolute atomic E-state index is 11.1. The molecule has 0 aliphatic rings. The van der Waals surface area contributed by atoms with Gasteiger partial charge in [-0.3, -0.25) is 4.79 Å². The third-order valence-electron chi connectivity index (χ3n) is 4.12. The van der Waals surface area contributed by atoms with Crippen molar-refractivity contribution in [1.29, 1.82) is 0 Å². The molecule has 6 heteroatoms. The number of carboxylic acids is 1. The summed E-state index contributed by atoms with van der Waals surface area (Å²) in [7, 11) is 3.20. The normalized spacial score (nSPS) is 10.8. The molecule has 3 rings (SSSR count). The van der Waals surface area contributed by atoms with Gasteiger partial charge in [-0.25, -0.2) is 4.98 Å². The molecule has 1 aromatic carbocycles. The SMILES string of the molecule is COc1ccc(OC)c(-c2nc3cc(C)ccn3c2CCC(=O)O)c1. The molecule has 2 heterocycles. The van der Waals surface area contributed by atoms with Crippen LogP contribution in [0.5, 0.6) is 11.5 Å². The molecule has 0 aliphatic heterocycles. The van der Waals surface area contributed by atoms with E-state index in [1.54, 1.807) is 14.2 Å². The Labute approximate surface area is 145 Å². The second-order valence-corrected chi connectivity index (χ2v) is 5.80. The van der Waals surface area contributed by atoms with Crippen molar-refractivity contribution in [2.75, 3.05) is 14.2 Å². The van der Waals surface area contributed by atoms with Crippen LogP contribution >= 0.6 is 0 Å². The molecule has 130 valence electrons. The first-order chi connectivity index (χ1) is 12.0. The maximum Gasteiger partial charge on any atom is 0.303 e. The van der Waals surface area contributed by atoms with Crippen LogP contribution in [0.1, 0.15) is 17.7 Å². The third-order valence-corrected chi connectivity index (χ3v) is 4.12. The molecule has 0 bridgehead atoms. The van der Waals surface area contributed by atoms with E-state index in [9.17, 15) is 4.79 Å². The first kappa shape index (κ1) is 16.8. The molecule has 25 heavy (non-hydrogen) atoms. The lowest BCUT2D eigenvalue weighted by atomic mass is 10.1. The number of methoxy groups -OCH3 is 2. The van der Waals surface area contributed by atoms with Gasteiger partial charge >= 0.3 is 5.97 Å². The summed E-state index contributed by atoms with van der Waals surface area (Å²) in [6.45, 7) is 2.00. The fraction of sp³-hybridized carbons (Fsp3) is 0.263. The monoisotopic (exact) mass is 340 g/mol. The number of carbonyl (C=O) groups is 1. The quantitative estimate of drug-likeness (QED) is 0.745. The number of aromatic nitrogens is 2. The number of pyridine rings is 1. The van der Waals surface area contributed by atoms with Crippen molar-refractivity contribution in [2.45, 2.75) is 19.8 Å². The van der Waals surface area contributed by atoms with Crippen molar-refractivity contribution in [3.8, 4) is 22.8 Å². The van der Waals surface area contributed by atoms with E-state index in [-0.39, 0.29) is 6.42 Å². The Kier molecular flexibility index (Phi) is 4.61. The molecule has 0 atom stereocenters. The molecule has 0 spiro atoms. The van der Waals surface area contributed by atoms with E-state index in [1.807, 2.05) is 47.9 Å². The van der Waals surface area contributed by atoms with Gasteiger partial charge < -0.3 is 19.0 Å². The smallest absolute Gasteiger partial charge is 0.303 e. The van der Waals surface area contributed by atoms with Crippen LogP contribution < -0.4 is 9.47 Å². The number of hydrogen-bond acceptors (Lipinski definition) is 4. The zero-order valence-electron chi connectivity index (χ0n) is 14.4. The van der Waals surface area contributed by atoms with Crippen LogP contribution in [-0.2, 0) is 11.2 Å². The zero-order valence-corrected chi connectivity index (χ0v) is 14.4. The molecule has 0 aliphatic carbocycles. The van der Waals surface area contributed by atoms with Crippen LogP contribution in [0.4, 0.5) is 0 Å². The molecule has 6 nitrogen and oxygen atoms in total. The van der Waals surface area contributed by atoms with Crippen molar-refractivity contribution >= 4 is 11.6 Å². The van der Waals surface area contributed by atoms with Gasteiger partial charge in [0.15, 0.2) is 0 Å². The highest BCUT2D eigenvalue weighted by atomic mass is 16.5. The number of carboxylic acid groups (broad SMARTS) is 1. The van der Waals surface area contributed by atoms with Crippen LogP contribution in [0, 0.1) is 6.92 Å². The van der Waals surface area contributed by atoms with Crippen molar-refractivity contribution in [3.63, 3.8) is 0 Å². The lowest BCUT2D eigenvalue weighted by molar-refractivity contribution is -0.136. The van der Waals surface area contributed by atoms with Crippen molar-refractivity contribution in [1.82, 2.24) is 9.38 Å². The van der Waals surface area contributed by atoms with Crippen LogP contribution in [0.15, 0.2) is 36.5 Å². The summed E-state index contributed by atoms with van der Waals surface area (Å²) >= 11 is 0. The number of rotatable bonds is 6. The second kappa shape index (κ2) is 6.84. The van der Waals surface area contributed by atoms with Crippen LogP contribution in [0.25, 0.3) is 16.9 Å². The van der Waals surface area contributed by atoms with Gasteiger partial charge in [-0.05, 0) is 42.8 Å². The van der Waals surface area contributed by atoms with E-state index in [0.29, 0.717) is 23.6 Å². The average Bonchev–Trinajstić information content (AvgIpc) is 2.96. The van der Waals surface area contributed by atoms with Gasteiger partial charge in [0.25, 0.3) is 0 Å². The Morgan fingerprint density at radius 2 is 2.00 bits per heavy atom. The zero-order chi connectivity index (χ0) is 18.0. The Morgan fingerprint density at radius 3 is 2.68 bits per heavy atom. The van der Waals surface area contributed by atoms with Crippen molar-refractivity contribution in [3.05, 3.63) is 47.8 Å². The standard InChI is InChI=1S/C19H20N2O4/c1-12-8-9-21-15(5-7-18(22)23)19(20-17(21)10-12)14-11-13(24-2)4-6-16(14)25-3/h4,6,8-11H,5,7H2,1-3H3,(H,22,23). The first-order valence-corrected chi connectivity index (χ1v) is 7.95. The lowest BCUT2D eigenvalue weighted by Gasteiger charge is -2.10. The summed E-state index contributed by atoms with van der Waals surface area (Å²) in [6.07, 6.45) is 2.32. The second-order valence-electron chi connectivity index (χ2n) is 5.80. The molecule has 0 amide bonds. The molecule has 2 aromatic heterocycles. The number of benzene rings is 1. The highest BCUT2D eigenvalue weighted by Crippen LogP contribution is 2.35. The number of aliphatic carboxylic acids is 1. The van der Waals surface area contributed by atoms with Crippen molar-refractivity contribution in [2.24, 2.45) is 0 Å². The Balaban J connectivity index is 2.24. The number of fused-ring (bicyclic) bond motifs is 1. The molecular formula is C19H20N2O4. The predicted molar refractivity (Wildman–Crippen MR) is 94.4 cm³/mol. The minimum Gasteiger partial charge on any atom is -0.497 e. The van der Waals surface area contributed by atoms with Gasteiger partial charge in [-0.1, -0.05) is 0 Å². The first-order valence-electron chi connectivity index (χ1n) is 7.95. The summed E-state index contributed by atoms with van der Waals surface area (Å²) < 4.78 is 12.7. The molecule has 1 N–H and O–H groups in total.